The number of aryl methyl sites for hydroxylation is 1. The van der Waals surface area contributed by atoms with Crippen molar-refractivity contribution >= 4 is 22.5 Å². The number of para-hydroxylation sites is 1. The highest BCUT2D eigenvalue weighted by Gasteiger charge is 2.19. The Bertz CT molecular complexity index is 629. The maximum Gasteiger partial charge on any atom is 0.0740 e. The van der Waals surface area contributed by atoms with Crippen molar-refractivity contribution in [2.45, 2.75) is 26.5 Å². The Labute approximate surface area is 124 Å². The molecule has 1 aromatic carbocycles. The molecule has 1 aromatic heterocycles. The average Bonchev–Trinajstić information content (AvgIpc) is 2.45. The van der Waals surface area contributed by atoms with Crippen LogP contribution in [0.5, 0.6) is 0 Å². The molecule has 4 heteroatoms. The number of hydrogen-bond acceptors (Lipinski definition) is 3. The molecule has 0 bridgehead atoms. The molecule has 0 amide bonds. The summed E-state index contributed by atoms with van der Waals surface area (Å²) in [6.45, 7) is 7.62. The minimum absolute atomic E-state index is 0.282. The van der Waals surface area contributed by atoms with Crippen LogP contribution in [0, 0.1) is 6.92 Å². The Morgan fingerprint density at radius 3 is 3.00 bits per heavy atom. The van der Waals surface area contributed by atoms with Crippen LogP contribution in [0.25, 0.3) is 10.9 Å². The van der Waals surface area contributed by atoms with Crippen LogP contribution in [-0.2, 0) is 11.3 Å². The lowest BCUT2D eigenvalue weighted by Crippen LogP contribution is -2.40. The van der Waals surface area contributed by atoms with Gasteiger partial charge in [0.15, 0.2) is 0 Å². The van der Waals surface area contributed by atoms with Gasteiger partial charge in [0.05, 0.1) is 28.9 Å². The summed E-state index contributed by atoms with van der Waals surface area (Å²) < 4.78 is 5.57. The van der Waals surface area contributed by atoms with Crippen LogP contribution in [0.1, 0.15) is 18.2 Å². The number of nitrogens with zero attached hydrogens (tertiary/aromatic N) is 2. The predicted molar refractivity (Wildman–Crippen MR) is 82.2 cm³/mol. The van der Waals surface area contributed by atoms with Gasteiger partial charge in [0.2, 0.25) is 0 Å². The monoisotopic (exact) mass is 290 g/mol. The number of aromatic nitrogens is 1. The molecule has 0 radical (unpaired) electrons. The average molecular weight is 291 g/mol. The normalized spacial score (nSPS) is 20.4. The van der Waals surface area contributed by atoms with Crippen LogP contribution in [0.2, 0.25) is 5.02 Å². The number of ether oxygens (including phenoxy) is 1. The Hall–Kier alpha value is -1.16. The Kier molecular flexibility index (Phi) is 3.92. The van der Waals surface area contributed by atoms with Gasteiger partial charge < -0.3 is 4.74 Å². The summed E-state index contributed by atoms with van der Waals surface area (Å²) >= 11 is 6.51. The molecule has 20 heavy (non-hydrogen) atoms. The van der Waals surface area contributed by atoms with E-state index >= 15 is 0 Å². The van der Waals surface area contributed by atoms with Crippen molar-refractivity contribution in [3.05, 3.63) is 40.5 Å². The number of benzene rings is 1. The van der Waals surface area contributed by atoms with Crippen LogP contribution in [0.4, 0.5) is 0 Å². The van der Waals surface area contributed by atoms with Crippen LogP contribution in [0.15, 0.2) is 24.3 Å². The van der Waals surface area contributed by atoms with Gasteiger partial charge in [-0.2, -0.15) is 0 Å². The quantitative estimate of drug-likeness (QED) is 0.847. The molecule has 0 aliphatic carbocycles. The van der Waals surface area contributed by atoms with Gasteiger partial charge in [-0.3, -0.25) is 4.90 Å². The number of pyridine rings is 1. The van der Waals surface area contributed by atoms with Crippen molar-refractivity contribution in [3.8, 4) is 0 Å². The van der Waals surface area contributed by atoms with E-state index in [1.807, 2.05) is 18.2 Å². The first-order valence-electron chi connectivity index (χ1n) is 7.03. The minimum Gasteiger partial charge on any atom is -0.376 e. The molecule has 0 spiro atoms. The molecular formula is C16H19ClN2O. The molecule has 1 aliphatic heterocycles. The van der Waals surface area contributed by atoms with E-state index in [9.17, 15) is 0 Å². The van der Waals surface area contributed by atoms with Crippen molar-refractivity contribution in [3.63, 3.8) is 0 Å². The number of rotatable bonds is 2. The SMILES string of the molecule is Cc1c(Cl)c(CN2CCOC(C)C2)nc2ccccc12. The van der Waals surface area contributed by atoms with Crippen molar-refractivity contribution < 1.29 is 4.74 Å². The van der Waals surface area contributed by atoms with Crippen LogP contribution in [-0.4, -0.2) is 35.7 Å². The topological polar surface area (TPSA) is 25.4 Å². The maximum atomic E-state index is 6.51. The highest BCUT2D eigenvalue weighted by Crippen LogP contribution is 2.27. The zero-order valence-corrected chi connectivity index (χ0v) is 12.7. The van der Waals surface area contributed by atoms with Gasteiger partial charge >= 0.3 is 0 Å². The molecule has 1 atom stereocenters. The van der Waals surface area contributed by atoms with Gasteiger partial charge in [-0.05, 0) is 25.5 Å². The summed E-state index contributed by atoms with van der Waals surface area (Å²) in [5.74, 6) is 0. The fraction of sp³-hybridized carbons (Fsp3) is 0.438. The van der Waals surface area contributed by atoms with Crippen LogP contribution < -0.4 is 0 Å². The van der Waals surface area contributed by atoms with E-state index in [2.05, 4.69) is 24.8 Å². The summed E-state index contributed by atoms with van der Waals surface area (Å²) in [6, 6.07) is 8.16. The van der Waals surface area contributed by atoms with Crippen molar-refractivity contribution in [2.24, 2.45) is 0 Å². The number of fused-ring (bicyclic) bond motifs is 1. The fourth-order valence-corrected chi connectivity index (χ4v) is 2.97. The Morgan fingerprint density at radius 1 is 1.40 bits per heavy atom. The lowest BCUT2D eigenvalue weighted by atomic mass is 10.1. The molecule has 3 nitrogen and oxygen atoms in total. The van der Waals surface area contributed by atoms with Crippen LogP contribution in [0.3, 0.4) is 0 Å². The summed E-state index contributed by atoms with van der Waals surface area (Å²) in [6.07, 6.45) is 0.282. The molecule has 1 saturated heterocycles. The van der Waals surface area contributed by atoms with Gasteiger partial charge in [-0.15, -0.1) is 0 Å². The second kappa shape index (κ2) is 5.68. The molecule has 1 fully saturated rings. The van der Waals surface area contributed by atoms with E-state index in [1.165, 1.54) is 0 Å². The lowest BCUT2D eigenvalue weighted by molar-refractivity contribution is -0.0215. The van der Waals surface area contributed by atoms with Gasteiger partial charge in [-0.1, -0.05) is 29.8 Å². The highest BCUT2D eigenvalue weighted by atomic mass is 35.5. The first-order chi connectivity index (χ1) is 9.65. The molecule has 3 rings (SSSR count). The molecule has 1 aliphatic rings. The number of halogens is 1. The van der Waals surface area contributed by atoms with Crippen molar-refractivity contribution in [2.75, 3.05) is 19.7 Å². The maximum absolute atomic E-state index is 6.51. The molecule has 2 aromatic rings. The van der Waals surface area contributed by atoms with Gasteiger partial charge in [0.1, 0.15) is 0 Å². The first-order valence-corrected chi connectivity index (χ1v) is 7.40. The van der Waals surface area contributed by atoms with Gasteiger partial charge in [-0.25, -0.2) is 4.98 Å². The third-order valence-corrected chi connectivity index (χ3v) is 4.35. The Balaban J connectivity index is 1.93. The highest BCUT2D eigenvalue weighted by molar-refractivity contribution is 6.32. The largest absolute Gasteiger partial charge is 0.376 e. The molecule has 106 valence electrons. The molecule has 1 unspecified atom stereocenters. The van der Waals surface area contributed by atoms with Gasteiger partial charge in [0, 0.05) is 25.0 Å². The Morgan fingerprint density at radius 2 is 2.20 bits per heavy atom. The summed E-state index contributed by atoms with van der Waals surface area (Å²) in [5, 5.41) is 1.93. The summed E-state index contributed by atoms with van der Waals surface area (Å²) in [5.41, 5.74) is 3.11. The third kappa shape index (κ3) is 2.66. The fourth-order valence-electron chi connectivity index (χ4n) is 2.77. The third-order valence-electron chi connectivity index (χ3n) is 3.84. The van der Waals surface area contributed by atoms with E-state index in [1.54, 1.807) is 0 Å². The second-order valence-corrected chi connectivity index (χ2v) is 5.81. The summed E-state index contributed by atoms with van der Waals surface area (Å²) in [4.78, 5) is 7.10. The van der Waals surface area contributed by atoms with E-state index in [4.69, 9.17) is 21.3 Å². The van der Waals surface area contributed by atoms with Crippen LogP contribution >= 0.6 is 11.6 Å². The molecule has 0 N–H and O–H groups in total. The number of morpholine rings is 1. The smallest absolute Gasteiger partial charge is 0.0740 e. The molecular weight excluding hydrogens is 272 g/mol. The second-order valence-electron chi connectivity index (χ2n) is 5.43. The van der Waals surface area contributed by atoms with Crippen molar-refractivity contribution in [1.82, 2.24) is 9.88 Å². The molecule has 2 heterocycles. The van der Waals surface area contributed by atoms with Crippen molar-refractivity contribution in [1.29, 1.82) is 0 Å². The van der Waals surface area contributed by atoms with E-state index in [0.29, 0.717) is 0 Å². The van der Waals surface area contributed by atoms with E-state index < -0.39 is 0 Å². The molecule has 0 saturated carbocycles. The first kappa shape index (κ1) is 13.8. The minimum atomic E-state index is 0.282. The lowest BCUT2D eigenvalue weighted by Gasteiger charge is -2.31. The zero-order chi connectivity index (χ0) is 14.1. The van der Waals surface area contributed by atoms with E-state index in [-0.39, 0.29) is 6.10 Å². The van der Waals surface area contributed by atoms with E-state index in [0.717, 1.165) is 53.4 Å². The van der Waals surface area contributed by atoms with Gasteiger partial charge in [0.25, 0.3) is 0 Å². The standard InChI is InChI=1S/C16H19ClN2O/c1-11-9-19(7-8-20-11)10-15-16(17)12(2)13-5-3-4-6-14(13)18-15/h3-6,11H,7-10H2,1-2H3. The predicted octanol–water partition coefficient (Wildman–Crippen LogP) is 3.42. The number of hydrogen-bond donors (Lipinski definition) is 0. The zero-order valence-electron chi connectivity index (χ0n) is 11.9. The summed E-state index contributed by atoms with van der Waals surface area (Å²) in [7, 11) is 0.